The molecule has 0 aliphatic heterocycles. The fourth-order valence-electron chi connectivity index (χ4n) is 1.60. The minimum absolute atomic E-state index is 0.183. The molecule has 0 spiro atoms. The lowest BCUT2D eigenvalue weighted by Gasteiger charge is -2.21. The van der Waals surface area contributed by atoms with Gasteiger partial charge in [-0.25, -0.2) is 4.79 Å². The first-order valence-corrected chi connectivity index (χ1v) is 7.14. The summed E-state index contributed by atoms with van der Waals surface area (Å²) in [6, 6.07) is 0. The maximum absolute atomic E-state index is 12.9. The third kappa shape index (κ3) is 9.17. The van der Waals surface area contributed by atoms with Gasteiger partial charge in [0.05, 0.1) is 0 Å². The van der Waals surface area contributed by atoms with Gasteiger partial charge in [0.2, 0.25) is 0 Å². The Morgan fingerprint density at radius 1 is 1.09 bits per heavy atom. The van der Waals surface area contributed by atoms with Crippen LogP contribution >= 0.6 is 0 Å². The smallest absolute Gasteiger partial charge is 0.432 e. The van der Waals surface area contributed by atoms with Gasteiger partial charge in [0, 0.05) is 26.6 Å². The summed E-state index contributed by atoms with van der Waals surface area (Å²) in [4.78, 5) is 33.8. The van der Waals surface area contributed by atoms with E-state index in [1.807, 2.05) is 0 Å². The Kier molecular flexibility index (Phi) is 9.47. The van der Waals surface area contributed by atoms with Gasteiger partial charge in [0.1, 0.15) is 0 Å². The molecule has 0 N–H and O–H groups in total. The Labute approximate surface area is 132 Å². The van der Waals surface area contributed by atoms with Crippen molar-refractivity contribution in [3.05, 3.63) is 0 Å². The number of halogens is 3. The van der Waals surface area contributed by atoms with Crippen LogP contribution in [0.15, 0.2) is 0 Å². The number of ether oxygens (including phenoxy) is 3. The number of esters is 2. The first kappa shape index (κ1) is 21.4. The van der Waals surface area contributed by atoms with E-state index in [0.29, 0.717) is 19.6 Å². The highest BCUT2D eigenvalue weighted by Crippen LogP contribution is 2.25. The minimum Gasteiger partial charge on any atom is -0.451 e. The number of carbonyl (C=O) groups excluding carboxylic acids is 3. The van der Waals surface area contributed by atoms with E-state index in [-0.39, 0.29) is 6.42 Å². The van der Waals surface area contributed by atoms with Crippen molar-refractivity contribution >= 4 is 17.7 Å². The molecule has 0 fully saturated rings. The quantitative estimate of drug-likeness (QED) is 0.447. The predicted octanol–water partition coefficient (Wildman–Crippen LogP) is 2.19. The molecule has 0 bridgehead atoms. The first-order valence-electron chi connectivity index (χ1n) is 7.14. The molecular weight excluding hydrogens is 321 g/mol. The number of hydrogen-bond acceptors (Lipinski definition) is 6. The number of hydrogen-bond donors (Lipinski definition) is 0. The van der Waals surface area contributed by atoms with Gasteiger partial charge >= 0.3 is 18.1 Å². The molecule has 0 radical (unpaired) electrons. The maximum atomic E-state index is 12.9. The molecule has 2 atom stereocenters. The van der Waals surface area contributed by atoms with Crippen molar-refractivity contribution in [3.8, 4) is 0 Å². The van der Waals surface area contributed by atoms with Crippen molar-refractivity contribution in [2.24, 2.45) is 0 Å². The number of alkyl halides is 3. The van der Waals surface area contributed by atoms with Crippen LogP contribution in [-0.4, -0.2) is 49.3 Å². The molecule has 2 unspecified atom stereocenters. The molecule has 0 saturated carbocycles. The fraction of sp³-hybridized carbons (Fsp3) is 0.786. The molecule has 0 heterocycles. The monoisotopic (exact) mass is 342 g/mol. The summed E-state index contributed by atoms with van der Waals surface area (Å²) in [7, 11) is 0. The molecule has 0 aliphatic carbocycles. The molecule has 6 nitrogen and oxygen atoms in total. The van der Waals surface area contributed by atoms with E-state index in [9.17, 15) is 27.6 Å². The van der Waals surface area contributed by atoms with Crippen LogP contribution in [0, 0.1) is 0 Å². The van der Waals surface area contributed by atoms with Crippen molar-refractivity contribution in [2.75, 3.05) is 13.2 Å². The Hall–Kier alpha value is -1.64. The second kappa shape index (κ2) is 10.2. The zero-order chi connectivity index (χ0) is 18.0. The topological polar surface area (TPSA) is 78.9 Å². The van der Waals surface area contributed by atoms with Crippen LogP contribution in [0.2, 0.25) is 0 Å². The highest BCUT2D eigenvalue weighted by Gasteiger charge is 2.48. The highest BCUT2D eigenvalue weighted by molar-refractivity contribution is 5.87. The summed E-state index contributed by atoms with van der Waals surface area (Å²) in [5, 5.41) is 0. The lowest BCUT2D eigenvalue weighted by molar-refractivity contribution is -0.223. The SMILES string of the molecule is CCOCCCCC(=O)C(OC(=O)C(C)OC(C)=O)C(F)(F)F. The molecular formula is C14H21F3O6. The van der Waals surface area contributed by atoms with E-state index < -0.39 is 42.5 Å². The summed E-state index contributed by atoms with van der Waals surface area (Å²) in [5.74, 6) is -3.53. The summed E-state index contributed by atoms with van der Waals surface area (Å²) < 4.78 is 52.2. The normalized spacial score (nSPS) is 14.0. The zero-order valence-corrected chi connectivity index (χ0v) is 13.3. The molecule has 134 valence electrons. The zero-order valence-electron chi connectivity index (χ0n) is 13.3. The standard InChI is InChI=1S/C14H21F3O6/c1-4-21-8-6-5-7-11(19)12(14(15,16)17)23-13(20)9(2)22-10(3)18/h9,12H,4-8H2,1-3H3. The summed E-state index contributed by atoms with van der Waals surface area (Å²) in [5.41, 5.74) is 0. The second-order valence-corrected chi connectivity index (χ2v) is 4.73. The van der Waals surface area contributed by atoms with Gasteiger partial charge in [-0.1, -0.05) is 0 Å². The van der Waals surface area contributed by atoms with Crippen LogP contribution in [0.3, 0.4) is 0 Å². The van der Waals surface area contributed by atoms with Gasteiger partial charge in [-0.15, -0.1) is 0 Å². The molecule has 0 aliphatic rings. The molecule has 0 aromatic heterocycles. The van der Waals surface area contributed by atoms with E-state index in [1.54, 1.807) is 6.92 Å². The van der Waals surface area contributed by atoms with E-state index in [2.05, 4.69) is 9.47 Å². The predicted molar refractivity (Wildman–Crippen MR) is 72.5 cm³/mol. The van der Waals surface area contributed by atoms with Crippen molar-refractivity contribution in [1.82, 2.24) is 0 Å². The largest absolute Gasteiger partial charge is 0.451 e. The average molecular weight is 342 g/mol. The van der Waals surface area contributed by atoms with Crippen LogP contribution in [-0.2, 0) is 28.6 Å². The third-order valence-corrected chi connectivity index (χ3v) is 2.66. The molecule has 0 aromatic rings. The van der Waals surface area contributed by atoms with E-state index >= 15 is 0 Å². The second-order valence-electron chi connectivity index (χ2n) is 4.73. The molecule has 9 heteroatoms. The van der Waals surface area contributed by atoms with Gasteiger partial charge < -0.3 is 14.2 Å². The Morgan fingerprint density at radius 3 is 2.17 bits per heavy atom. The van der Waals surface area contributed by atoms with E-state index in [1.165, 1.54) is 0 Å². The molecule has 0 aromatic carbocycles. The van der Waals surface area contributed by atoms with Gasteiger partial charge in [0.25, 0.3) is 6.10 Å². The molecule has 0 rings (SSSR count). The maximum Gasteiger partial charge on any atom is 0.432 e. The molecule has 0 amide bonds. The van der Waals surface area contributed by atoms with Crippen LogP contribution in [0.5, 0.6) is 0 Å². The lowest BCUT2D eigenvalue weighted by atomic mass is 10.1. The highest BCUT2D eigenvalue weighted by atomic mass is 19.4. The number of ketones is 1. The Bertz CT molecular complexity index is 408. The Balaban J connectivity index is 4.61. The van der Waals surface area contributed by atoms with Crippen molar-refractivity contribution in [2.45, 2.75) is 58.4 Å². The fourth-order valence-corrected chi connectivity index (χ4v) is 1.60. The summed E-state index contributed by atoms with van der Waals surface area (Å²) >= 11 is 0. The van der Waals surface area contributed by atoms with Gasteiger partial charge in [-0.3, -0.25) is 9.59 Å². The number of rotatable bonds is 10. The molecule has 23 heavy (non-hydrogen) atoms. The number of unbranched alkanes of at least 4 members (excludes halogenated alkanes) is 1. The Morgan fingerprint density at radius 2 is 1.70 bits per heavy atom. The van der Waals surface area contributed by atoms with Gasteiger partial charge in [-0.2, -0.15) is 13.2 Å². The minimum atomic E-state index is -5.03. The van der Waals surface area contributed by atoms with E-state index in [4.69, 9.17) is 4.74 Å². The number of Topliss-reactive ketones (excluding diaryl/α,β-unsaturated/α-hetero) is 1. The molecule has 0 saturated heterocycles. The van der Waals surface area contributed by atoms with Gasteiger partial charge in [0.15, 0.2) is 11.9 Å². The van der Waals surface area contributed by atoms with Crippen LogP contribution in [0.25, 0.3) is 0 Å². The van der Waals surface area contributed by atoms with Crippen molar-refractivity contribution in [3.63, 3.8) is 0 Å². The van der Waals surface area contributed by atoms with Crippen molar-refractivity contribution in [1.29, 1.82) is 0 Å². The average Bonchev–Trinajstić information content (AvgIpc) is 2.41. The van der Waals surface area contributed by atoms with Crippen LogP contribution < -0.4 is 0 Å². The lowest BCUT2D eigenvalue weighted by Crippen LogP contribution is -2.43. The van der Waals surface area contributed by atoms with Gasteiger partial charge in [-0.05, 0) is 26.7 Å². The number of carbonyl (C=O) groups is 3. The van der Waals surface area contributed by atoms with Crippen molar-refractivity contribution < 1.29 is 41.8 Å². The van der Waals surface area contributed by atoms with E-state index in [0.717, 1.165) is 13.8 Å². The summed E-state index contributed by atoms with van der Waals surface area (Å²) in [6.07, 6.45) is -9.21. The summed E-state index contributed by atoms with van der Waals surface area (Å²) in [6.45, 7) is 4.64. The third-order valence-electron chi connectivity index (χ3n) is 2.66. The van der Waals surface area contributed by atoms with Crippen LogP contribution in [0.4, 0.5) is 13.2 Å². The van der Waals surface area contributed by atoms with Crippen LogP contribution in [0.1, 0.15) is 40.0 Å². The first-order chi connectivity index (χ1) is 10.6.